The molecule has 0 radical (unpaired) electrons. The van der Waals surface area contributed by atoms with E-state index in [1.54, 1.807) is 72.8 Å². The minimum atomic E-state index is -3.76. The van der Waals surface area contributed by atoms with Crippen molar-refractivity contribution in [3.8, 4) is 11.5 Å². The molecule has 0 saturated heterocycles. The van der Waals surface area contributed by atoms with Crippen LogP contribution in [-0.2, 0) is 19.6 Å². The second-order valence-electron chi connectivity index (χ2n) is 8.08. The van der Waals surface area contributed by atoms with Gasteiger partial charge in [-0.1, -0.05) is 17.7 Å². The van der Waals surface area contributed by atoms with Crippen molar-refractivity contribution in [2.45, 2.75) is 13.0 Å². The number of benzene rings is 3. The molecule has 0 spiro atoms. The van der Waals surface area contributed by atoms with Crippen molar-refractivity contribution in [3.63, 3.8) is 0 Å². The number of carbonyl (C=O) groups excluding carboxylic acids is 2. The molecule has 3 aromatic carbocycles. The third kappa shape index (κ3) is 8.22. The Labute approximate surface area is 226 Å². The van der Waals surface area contributed by atoms with Crippen molar-refractivity contribution in [3.05, 3.63) is 83.4 Å². The summed E-state index contributed by atoms with van der Waals surface area (Å²) in [4.78, 5) is 24.7. The van der Waals surface area contributed by atoms with Gasteiger partial charge in [-0.3, -0.25) is 13.9 Å². The molecule has 2 amide bonds. The Morgan fingerprint density at radius 1 is 1.05 bits per heavy atom. The summed E-state index contributed by atoms with van der Waals surface area (Å²) in [5, 5.41) is 7.12. The van der Waals surface area contributed by atoms with E-state index in [1.807, 2.05) is 0 Å². The van der Waals surface area contributed by atoms with Gasteiger partial charge >= 0.3 is 0 Å². The first kappa shape index (κ1) is 28.5. The Morgan fingerprint density at radius 3 is 2.32 bits per heavy atom. The summed E-state index contributed by atoms with van der Waals surface area (Å²) >= 11 is 5.90. The molecule has 2 N–H and O–H groups in total. The molecule has 0 aliphatic heterocycles. The third-order valence-electron chi connectivity index (χ3n) is 5.16. The highest BCUT2D eigenvalue weighted by atomic mass is 35.5. The zero-order valence-electron chi connectivity index (χ0n) is 20.9. The number of halogens is 1. The van der Waals surface area contributed by atoms with Gasteiger partial charge in [-0.25, -0.2) is 13.8 Å². The zero-order valence-corrected chi connectivity index (χ0v) is 22.5. The first-order valence-corrected chi connectivity index (χ1v) is 13.5. The number of nitrogens with zero attached hydrogens (tertiary/aromatic N) is 2. The molecule has 0 saturated carbocycles. The van der Waals surface area contributed by atoms with Crippen LogP contribution < -0.4 is 24.5 Å². The van der Waals surface area contributed by atoms with E-state index >= 15 is 0 Å². The molecule has 38 heavy (non-hydrogen) atoms. The molecule has 0 unspecified atom stereocenters. The number of nitrogens with one attached hydrogen (secondary N) is 2. The topological polar surface area (TPSA) is 126 Å². The van der Waals surface area contributed by atoms with Crippen molar-refractivity contribution < 1.29 is 27.5 Å². The summed E-state index contributed by atoms with van der Waals surface area (Å²) in [7, 11) is -2.26. The Morgan fingerprint density at radius 2 is 1.71 bits per heavy atom. The third-order valence-corrected chi connectivity index (χ3v) is 6.64. The van der Waals surface area contributed by atoms with Crippen LogP contribution in [0.2, 0.25) is 5.02 Å². The Hall–Kier alpha value is -4.09. The van der Waals surface area contributed by atoms with Gasteiger partial charge in [0, 0.05) is 10.7 Å². The highest BCUT2D eigenvalue weighted by Crippen LogP contribution is 2.24. The van der Waals surface area contributed by atoms with E-state index in [2.05, 4.69) is 15.8 Å². The van der Waals surface area contributed by atoms with E-state index in [9.17, 15) is 18.0 Å². The van der Waals surface area contributed by atoms with Crippen molar-refractivity contribution in [2.75, 3.05) is 29.6 Å². The average molecular weight is 559 g/mol. The van der Waals surface area contributed by atoms with Crippen molar-refractivity contribution in [1.29, 1.82) is 0 Å². The number of hydrogen-bond acceptors (Lipinski definition) is 7. The van der Waals surface area contributed by atoms with E-state index in [0.29, 0.717) is 33.5 Å². The number of hydrazone groups is 1. The number of rotatable bonds is 11. The smallest absolute Gasteiger partial charge is 0.263 e. The lowest BCUT2D eigenvalue weighted by Gasteiger charge is -2.27. The van der Waals surface area contributed by atoms with Gasteiger partial charge in [0.2, 0.25) is 10.0 Å². The van der Waals surface area contributed by atoms with Crippen molar-refractivity contribution >= 4 is 51.0 Å². The van der Waals surface area contributed by atoms with Crippen LogP contribution in [0, 0.1) is 0 Å². The number of anilines is 2. The lowest BCUT2D eigenvalue weighted by molar-refractivity contribution is -0.121. The molecule has 1 atom stereocenters. The number of sulfonamides is 1. The summed E-state index contributed by atoms with van der Waals surface area (Å²) in [6, 6.07) is 18.7. The van der Waals surface area contributed by atoms with Crippen LogP contribution in [0.25, 0.3) is 0 Å². The maximum Gasteiger partial charge on any atom is 0.263 e. The van der Waals surface area contributed by atoms with Gasteiger partial charge < -0.3 is 14.8 Å². The van der Waals surface area contributed by atoms with Crippen LogP contribution in [0.1, 0.15) is 12.5 Å². The maximum absolute atomic E-state index is 12.6. The Kier molecular flexibility index (Phi) is 9.69. The van der Waals surface area contributed by atoms with E-state index in [1.165, 1.54) is 20.2 Å². The average Bonchev–Trinajstić information content (AvgIpc) is 2.88. The highest BCUT2D eigenvalue weighted by molar-refractivity contribution is 7.92. The fraction of sp³-hybridized carbons (Fsp3) is 0.192. The molecule has 3 aromatic rings. The summed E-state index contributed by atoms with van der Waals surface area (Å²) in [6.45, 7) is 1.27. The fourth-order valence-electron chi connectivity index (χ4n) is 3.36. The first-order chi connectivity index (χ1) is 18.1. The Balaban J connectivity index is 1.54. The molecule has 10 nitrogen and oxygen atoms in total. The molecule has 0 aliphatic carbocycles. The molecule has 3 rings (SSSR count). The minimum absolute atomic E-state index is 0.196. The summed E-state index contributed by atoms with van der Waals surface area (Å²) in [5.74, 6) is 0.0613. The predicted molar refractivity (Wildman–Crippen MR) is 148 cm³/mol. The normalized spacial score (nSPS) is 12.0. The van der Waals surface area contributed by atoms with E-state index in [0.717, 1.165) is 10.6 Å². The van der Waals surface area contributed by atoms with Gasteiger partial charge in [0.25, 0.3) is 11.8 Å². The fourth-order valence-corrected chi connectivity index (χ4v) is 4.73. The molecule has 0 heterocycles. The van der Waals surface area contributed by atoms with E-state index < -0.39 is 22.0 Å². The molecule has 12 heteroatoms. The molecule has 0 aromatic heterocycles. The Bertz CT molecular complexity index is 1400. The summed E-state index contributed by atoms with van der Waals surface area (Å²) < 4.78 is 36.4. The van der Waals surface area contributed by atoms with Crippen molar-refractivity contribution in [1.82, 2.24) is 5.43 Å². The lowest BCUT2D eigenvalue weighted by atomic mass is 10.2. The van der Waals surface area contributed by atoms with Gasteiger partial charge in [0.15, 0.2) is 6.61 Å². The molecular weight excluding hydrogens is 532 g/mol. The molecular formula is C26H27ClN4O6S. The molecule has 0 bridgehead atoms. The van der Waals surface area contributed by atoms with Crippen molar-refractivity contribution in [2.24, 2.45) is 5.10 Å². The van der Waals surface area contributed by atoms with Gasteiger partial charge in [0.1, 0.15) is 17.5 Å². The number of carbonyl (C=O) groups is 2. The van der Waals surface area contributed by atoms with Crippen LogP contribution in [0.4, 0.5) is 11.4 Å². The summed E-state index contributed by atoms with van der Waals surface area (Å²) in [5.41, 5.74) is 3.89. The number of hydrogen-bond donors (Lipinski definition) is 2. The molecule has 0 fully saturated rings. The number of ether oxygens (including phenoxy) is 2. The quantitative estimate of drug-likeness (QED) is 0.273. The monoisotopic (exact) mass is 558 g/mol. The van der Waals surface area contributed by atoms with Gasteiger partial charge in [-0.15, -0.1) is 0 Å². The largest absolute Gasteiger partial charge is 0.497 e. The highest BCUT2D eigenvalue weighted by Gasteiger charge is 2.29. The SMILES string of the molecule is COc1ccc(N([C@H](C)C(=O)N/N=C\c2ccc(OCC(=O)Nc3cccc(Cl)c3)cc2)S(C)(=O)=O)cc1. The molecule has 200 valence electrons. The summed E-state index contributed by atoms with van der Waals surface area (Å²) in [6.07, 6.45) is 2.42. The second-order valence-corrected chi connectivity index (χ2v) is 10.4. The van der Waals surface area contributed by atoms with Gasteiger partial charge in [-0.2, -0.15) is 5.10 Å². The zero-order chi connectivity index (χ0) is 27.7. The van der Waals surface area contributed by atoms with Crippen LogP contribution in [0.3, 0.4) is 0 Å². The minimum Gasteiger partial charge on any atom is -0.497 e. The number of amides is 2. The standard InChI is InChI=1S/C26H27ClN4O6S/c1-18(31(38(3,34)35)22-9-13-23(36-2)14-10-22)26(33)30-28-16-19-7-11-24(12-8-19)37-17-25(32)29-21-6-4-5-20(27)15-21/h4-16,18H,17H2,1-3H3,(H,29,32)(H,30,33)/b28-16-/t18-/m1/s1. The van der Waals surface area contributed by atoms with E-state index in [-0.39, 0.29) is 12.5 Å². The van der Waals surface area contributed by atoms with Crippen LogP contribution >= 0.6 is 11.6 Å². The predicted octanol–water partition coefficient (Wildman–Crippen LogP) is 3.67. The van der Waals surface area contributed by atoms with Crippen LogP contribution in [0.5, 0.6) is 11.5 Å². The van der Waals surface area contributed by atoms with E-state index in [4.69, 9.17) is 21.1 Å². The maximum atomic E-state index is 12.6. The van der Waals surface area contributed by atoms with Crippen LogP contribution in [-0.4, -0.2) is 52.5 Å². The lowest BCUT2D eigenvalue weighted by Crippen LogP contribution is -2.46. The molecule has 0 aliphatic rings. The second kappa shape index (κ2) is 12.9. The van der Waals surface area contributed by atoms with Crippen LogP contribution in [0.15, 0.2) is 77.9 Å². The van der Waals surface area contributed by atoms with Gasteiger partial charge in [-0.05, 0) is 79.2 Å². The van der Waals surface area contributed by atoms with Gasteiger partial charge in [0.05, 0.1) is 25.3 Å². The first-order valence-electron chi connectivity index (χ1n) is 11.3. The number of methoxy groups -OCH3 is 1.